The number of hydrogen-bond donors (Lipinski definition) is 1. The maximum Gasteiger partial charge on any atom is 0.134 e. The zero-order valence-electron chi connectivity index (χ0n) is 11.8. The molecule has 1 saturated heterocycles. The lowest BCUT2D eigenvalue weighted by Crippen LogP contribution is -1.94. The predicted octanol–water partition coefficient (Wildman–Crippen LogP) is 3.06. The molecule has 0 aromatic rings. The van der Waals surface area contributed by atoms with E-state index < -0.39 is 6.10 Å². The Morgan fingerprint density at radius 3 is 2.74 bits per heavy atom. The van der Waals surface area contributed by atoms with Crippen LogP contribution >= 0.6 is 0 Å². The number of aliphatic hydroxyl groups is 1. The lowest BCUT2D eigenvalue weighted by molar-refractivity contribution is 0.281. The molecule has 0 bridgehead atoms. The van der Waals surface area contributed by atoms with Gasteiger partial charge < -0.3 is 9.84 Å². The van der Waals surface area contributed by atoms with Crippen LogP contribution < -0.4 is 0 Å². The Morgan fingerprint density at radius 2 is 2.00 bits per heavy atom. The summed E-state index contributed by atoms with van der Waals surface area (Å²) < 4.78 is 5.56. The van der Waals surface area contributed by atoms with Crippen LogP contribution in [-0.2, 0) is 4.74 Å². The number of unbranched alkanes of at least 4 members (excludes halogenated alkanes) is 4. The molecule has 0 aromatic carbocycles. The first kappa shape index (κ1) is 15.8. The van der Waals surface area contributed by atoms with Gasteiger partial charge in [0.1, 0.15) is 6.10 Å². The molecule has 1 fully saturated rings. The second-order valence-corrected chi connectivity index (χ2v) is 4.87. The van der Waals surface area contributed by atoms with Crippen LogP contribution in [-0.4, -0.2) is 23.4 Å². The van der Waals surface area contributed by atoms with Crippen molar-refractivity contribution in [2.24, 2.45) is 0 Å². The molecule has 1 heterocycles. The fraction of sp³-hybridized carbons (Fsp3) is 0.647. The minimum absolute atomic E-state index is 0.310. The summed E-state index contributed by atoms with van der Waals surface area (Å²) in [5, 5.41) is 9.10. The highest BCUT2D eigenvalue weighted by molar-refractivity contribution is 5.29. The fourth-order valence-corrected chi connectivity index (χ4v) is 1.93. The molecule has 0 spiro atoms. The number of aliphatic hydroxyl groups excluding tert-OH is 1. The molecule has 0 amide bonds. The maximum absolute atomic E-state index is 9.10. The van der Waals surface area contributed by atoms with E-state index in [-0.39, 0.29) is 0 Å². The molecule has 2 heteroatoms. The van der Waals surface area contributed by atoms with E-state index in [1.165, 1.54) is 38.2 Å². The number of epoxide rings is 1. The van der Waals surface area contributed by atoms with Crippen LogP contribution in [0.4, 0.5) is 0 Å². The van der Waals surface area contributed by atoms with Crippen LogP contribution in [0.3, 0.4) is 0 Å². The van der Waals surface area contributed by atoms with Gasteiger partial charge in [-0.25, -0.2) is 0 Å². The summed E-state index contributed by atoms with van der Waals surface area (Å²) in [4.78, 5) is 0. The van der Waals surface area contributed by atoms with E-state index in [2.05, 4.69) is 37.2 Å². The summed E-state index contributed by atoms with van der Waals surface area (Å²) in [6, 6.07) is 0. The van der Waals surface area contributed by atoms with Gasteiger partial charge in [0.25, 0.3) is 0 Å². The molecule has 0 aromatic heterocycles. The highest BCUT2D eigenvalue weighted by atomic mass is 16.6. The monoisotopic (exact) mass is 260 g/mol. The van der Waals surface area contributed by atoms with Gasteiger partial charge in [0.15, 0.2) is 0 Å². The van der Waals surface area contributed by atoms with Gasteiger partial charge in [0.05, 0.1) is 12.2 Å². The molecular formula is C17H24O2. The van der Waals surface area contributed by atoms with E-state index in [9.17, 15) is 0 Å². The van der Waals surface area contributed by atoms with Crippen molar-refractivity contribution in [1.82, 2.24) is 0 Å². The minimum Gasteiger partial charge on any atom is -0.377 e. The van der Waals surface area contributed by atoms with E-state index in [4.69, 9.17) is 9.84 Å². The lowest BCUT2D eigenvalue weighted by Gasteiger charge is -1.96. The van der Waals surface area contributed by atoms with Gasteiger partial charge in [-0.2, -0.15) is 0 Å². The average Bonchev–Trinajstić information content (AvgIpc) is 3.16. The van der Waals surface area contributed by atoms with Crippen LogP contribution in [0.1, 0.15) is 51.9 Å². The van der Waals surface area contributed by atoms with Crippen LogP contribution in [0, 0.1) is 23.7 Å². The second-order valence-electron chi connectivity index (χ2n) is 4.87. The number of hydrogen-bond acceptors (Lipinski definition) is 2. The zero-order valence-corrected chi connectivity index (χ0v) is 11.8. The molecular weight excluding hydrogens is 236 g/mol. The third-order valence-electron chi connectivity index (χ3n) is 3.18. The minimum atomic E-state index is -0.776. The molecule has 1 aliphatic heterocycles. The van der Waals surface area contributed by atoms with E-state index in [1.54, 1.807) is 0 Å². The second kappa shape index (κ2) is 9.68. The average molecular weight is 260 g/mol. The van der Waals surface area contributed by atoms with E-state index in [0.29, 0.717) is 12.2 Å². The van der Waals surface area contributed by atoms with Crippen molar-refractivity contribution in [3.8, 4) is 23.7 Å². The maximum atomic E-state index is 9.10. The third kappa shape index (κ3) is 7.73. The molecule has 0 aliphatic carbocycles. The zero-order chi connectivity index (χ0) is 13.9. The molecule has 104 valence electrons. The van der Waals surface area contributed by atoms with Gasteiger partial charge in [-0.15, -0.1) is 0 Å². The summed E-state index contributed by atoms with van der Waals surface area (Å²) in [5.74, 6) is 10.9. The molecule has 1 aliphatic rings. The Kier molecular flexibility index (Phi) is 8.07. The summed E-state index contributed by atoms with van der Waals surface area (Å²) in [5.41, 5.74) is 0. The molecule has 3 atom stereocenters. The van der Waals surface area contributed by atoms with E-state index in [0.717, 1.165) is 12.8 Å². The van der Waals surface area contributed by atoms with Crippen LogP contribution in [0.15, 0.2) is 12.7 Å². The van der Waals surface area contributed by atoms with Crippen molar-refractivity contribution >= 4 is 0 Å². The molecule has 0 unspecified atom stereocenters. The summed E-state index contributed by atoms with van der Waals surface area (Å²) in [7, 11) is 0. The Labute approximate surface area is 117 Å². The molecule has 19 heavy (non-hydrogen) atoms. The van der Waals surface area contributed by atoms with Crippen LogP contribution in [0.25, 0.3) is 0 Å². The Hall–Kier alpha value is -1.22. The molecule has 0 radical (unpaired) electrons. The van der Waals surface area contributed by atoms with Gasteiger partial charge >= 0.3 is 0 Å². The third-order valence-corrected chi connectivity index (χ3v) is 3.18. The topological polar surface area (TPSA) is 32.8 Å². The van der Waals surface area contributed by atoms with Crippen molar-refractivity contribution in [3.63, 3.8) is 0 Å². The first-order valence-corrected chi connectivity index (χ1v) is 7.22. The predicted molar refractivity (Wildman–Crippen MR) is 78.4 cm³/mol. The highest BCUT2D eigenvalue weighted by Gasteiger charge is 2.36. The van der Waals surface area contributed by atoms with Crippen molar-refractivity contribution in [1.29, 1.82) is 0 Å². The molecule has 2 nitrogen and oxygen atoms in total. The first-order valence-electron chi connectivity index (χ1n) is 7.22. The standard InChI is InChI=1S/C17H24O2/c1-3-5-6-7-10-13-16-17(19-16)14-11-8-9-12-15(18)4-2/h4,15-18H,2-3,5-7,10,13-14H2,1H3/t15-,16+,17+/m0/s1. The van der Waals surface area contributed by atoms with Crippen LogP contribution in [0.5, 0.6) is 0 Å². The SMILES string of the molecule is C=C[C@H](O)C#CC#CC[C@H]1O[C@@H]1CCCCCCC. The molecule has 1 N–H and O–H groups in total. The first-order chi connectivity index (χ1) is 9.27. The Balaban J connectivity index is 2.03. The van der Waals surface area contributed by atoms with Gasteiger partial charge in [0.2, 0.25) is 0 Å². The highest BCUT2D eigenvalue weighted by Crippen LogP contribution is 2.29. The quantitative estimate of drug-likeness (QED) is 0.315. The number of ether oxygens (including phenoxy) is 1. The Bertz CT molecular complexity index is 378. The fourth-order valence-electron chi connectivity index (χ4n) is 1.93. The van der Waals surface area contributed by atoms with Crippen molar-refractivity contribution in [3.05, 3.63) is 12.7 Å². The lowest BCUT2D eigenvalue weighted by atomic mass is 10.1. The van der Waals surface area contributed by atoms with Gasteiger partial charge in [-0.3, -0.25) is 0 Å². The normalized spacial score (nSPS) is 21.6. The Morgan fingerprint density at radius 1 is 1.21 bits per heavy atom. The van der Waals surface area contributed by atoms with Gasteiger partial charge in [-0.05, 0) is 18.3 Å². The largest absolute Gasteiger partial charge is 0.377 e. The van der Waals surface area contributed by atoms with Crippen molar-refractivity contribution in [2.75, 3.05) is 0 Å². The summed E-state index contributed by atoms with van der Waals surface area (Å²) in [6.45, 7) is 5.67. The van der Waals surface area contributed by atoms with Crippen LogP contribution in [0.2, 0.25) is 0 Å². The van der Waals surface area contributed by atoms with E-state index in [1.807, 2.05) is 0 Å². The molecule has 1 rings (SSSR count). The van der Waals surface area contributed by atoms with Gasteiger partial charge in [-0.1, -0.05) is 63.5 Å². The summed E-state index contributed by atoms with van der Waals surface area (Å²) in [6.07, 6.45) is 9.80. The van der Waals surface area contributed by atoms with Gasteiger partial charge in [0, 0.05) is 6.42 Å². The molecule has 0 saturated carbocycles. The van der Waals surface area contributed by atoms with Crippen molar-refractivity contribution < 1.29 is 9.84 Å². The van der Waals surface area contributed by atoms with E-state index >= 15 is 0 Å². The van der Waals surface area contributed by atoms with Crippen molar-refractivity contribution in [2.45, 2.75) is 70.2 Å². The smallest absolute Gasteiger partial charge is 0.134 e. The summed E-state index contributed by atoms with van der Waals surface area (Å²) >= 11 is 0. The number of rotatable bonds is 8.